The fourth-order valence-corrected chi connectivity index (χ4v) is 6.54. The summed E-state index contributed by atoms with van der Waals surface area (Å²) >= 11 is 18.2. The topological polar surface area (TPSA) is 121 Å². The van der Waals surface area contributed by atoms with Gasteiger partial charge >= 0.3 is 0 Å². The Balaban J connectivity index is 1.16. The van der Waals surface area contributed by atoms with Crippen molar-refractivity contribution >= 4 is 87.3 Å². The van der Waals surface area contributed by atoms with Gasteiger partial charge < -0.3 is 4.74 Å². The summed E-state index contributed by atoms with van der Waals surface area (Å²) in [5, 5.41) is 0.841. The highest BCUT2D eigenvalue weighted by molar-refractivity contribution is 6.39. The molecule has 0 aromatic heterocycles. The van der Waals surface area contributed by atoms with Crippen molar-refractivity contribution in [2.45, 2.75) is 0 Å². The average molecular weight is 709 g/mol. The zero-order valence-electron chi connectivity index (χ0n) is 24.6. The second-order valence-electron chi connectivity index (χ2n) is 11.2. The summed E-state index contributed by atoms with van der Waals surface area (Å²) in [4.78, 5) is 83.0. The summed E-state index contributed by atoms with van der Waals surface area (Å²) in [7, 11) is 0. The minimum Gasteiger partial charge on any atom is -0.455 e. The van der Waals surface area contributed by atoms with Crippen molar-refractivity contribution in [1.82, 2.24) is 0 Å². The van der Waals surface area contributed by atoms with Crippen LogP contribution in [0, 0.1) is 0 Å². The predicted molar refractivity (Wildman–Crippen MR) is 181 cm³/mol. The summed E-state index contributed by atoms with van der Waals surface area (Å²) < 4.78 is 6.16. The molecule has 0 N–H and O–H groups in total. The van der Waals surface area contributed by atoms with Gasteiger partial charge in [-0.15, -0.1) is 0 Å². The predicted octanol–water partition coefficient (Wildman–Crippen LogP) is 7.84. The van der Waals surface area contributed by atoms with E-state index in [9.17, 15) is 28.8 Å². The van der Waals surface area contributed by atoms with Crippen LogP contribution in [0.25, 0.3) is 0 Å². The summed E-state index contributed by atoms with van der Waals surface area (Å²) in [5.41, 5.74) is 1.12. The number of nitrogens with zero attached hydrogens (tertiary/aromatic N) is 3. The Labute approximate surface area is 291 Å². The number of carbonyl (C=O) groups excluding carboxylic acids is 6. The lowest BCUT2D eigenvalue weighted by Gasteiger charge is -2.22. The van der Waals surface area contributed by atoms with Crippen LogP contribution in [0.2, 0.25) is 15.1 Å². The first-order valence-corrected chi connectivity index (χ1v) is 15.6. The van der Waals surface area contributed by atoms with E-state index in [1.807, 2.05) is 0 Å². The molecule has 0 fully saturated rings. The van der Waals surface area contributed by atoms with Crippen LogP contribution in [0.5, 0.6) is 11.5 Å². The maximum atomic E-state index is 13.7. The molecule has 5 aromatic carbocycles. The molecule has 0 unspecified atom stereocenters. The van der Waals surface area contributed by atoms with Crippen molar-refractivity contribution < 1.29 is 33.5 Å². The molecule has 8 rings (SSSR count). The zero-order chi connectivity index (χ0) is 34.3. The van der Waals surface area contributed by atoms with Gasteiger partial charge in [0.25, 0.3) is 35.4 Å². The van der Waals surface area contributed by atoms with Gasteiger partial charge in [0, 0.05) is 15.1 Å². The van der Waals surface area contributed by atoms with Crippen LogP contribution in [0.3, 0.4) is 0 Å². The molecular weight excluding hydrogens is 693 g/mol. The first-order valence-electron chi connectivity index (χ1n) is 14.5. The van der Waals surface area contributed by atoms with Crippen molar-refractivity contribution in [3.05, 3.63) is 146 Å². The Morgan fingerprint density at radius 3 is 1.27 bits per heavy atom. The fraction of sp³-hybridized carbons (Fsp3) is 0. The molecule has 10 nitrogen and oxygen atoms in total. The molecule has 3 aliphatic rings. The Morgan fingerprint density at radius 2 is 0.776 bits per heavy atom. The molecule has 6 amide bonds. The molecular formula is C36H16Cl3N3O7. The minimum atomic E-state index is -0.695. The molecule has 0 bridgehead atoms. The number of rotatable bonds is 5. The van der Waals surface area contributed by atoms with Gasteiger partial charge in [-0.25, -0.2) is 14.7 Å². The van der Waals surface area contributed by atoms with E-state index < -0.39 is 35.4 Å². The molecule has 0 spiro atoms. The monoisotopic (exact) mass is 707 g/mol. The van der Waals surface area contributed by atoms with Crippen molar-refractivity contribution in [2.75, 3.05) is 14.7 Å². The normalized spacial score (nSPS) is 15.0. The third kappa shape index (κ3) is 4.72. The van der Waals surface area contributed by atoms with Gasteiger partial charge in [-0.05, 0) is 97.1 Å². The lowest BCUT2D eigenvalue weighted by molar-refractivity contribution is 0.0909. The Bertz CT molecular complexity index is 2390. The molecule has 238 valence electrons. The van der Waals surface area contributed by atoms with E-state index in [-0.39, 0.29) is 72.0 Å². The summed E-state index contributed by atoms with van der Waals surface area (Å²) in [5.74, 6) is -3.42. The maximum Gasteiger partial charge on any atom is 0.266 e. The van der Waals surface area contributed by atoms with Gasteiger partial charge in [-0.3, -0.25) is 28.8 Å². The Kier molecular flexibility index (Phi) is 6.93. The van der Waals surface area contributed by atoms with Gasteiger partial charge in [-0.1, -0.05) is 34.8 Å². The number of anilines is 3. The molecule has 13 heteroatoms. The average Bonchev–Trinajstić information content (AvgIpc) is 3.59. The van der Waals surface area contributed by atoms with E-state index in [4.69, 9.17) is 39.5 Å². The Morgan fingerprint density at radius 1 is 0.388 bits per heavy atom. The van der Waals surface area contributed by atoms with Gasteiger partial charge in [-0.2, -0.15) is 0 Å². The fourth-order valence-electron chi connectivity index (χ4n) is 6.02. The molecule has 0 saturated carbocycles. The highest BCUT2D eigenvalue weighted by Gasteiger charge is 2.41. The lowest BCUT2D eigenvalue weighted by atomic mass is 10.1. The van der Waals surface area contributed by atoms with Crippen LogP contribution in [0.15, 0.2) is 97.1 Å². The highest BCUT2D eigenvalue weighted by Crippen LogP contribution is 2.42. The molecule has 5 aromatic rings. The smallest absolute Gasteiger partial charge is 0.266 e. The van der Waals surface area contributed by atoms with Gasteiger partial charge in [0.2, 0.25) is 0 Å². The number of imide groups is 3. The summed E-state index contributed by atoms with van der Waals surface area (Å²) in [6.07, 6.45) is 0. The number of fused-ring (bicyclic) bond motifs is 3. The second kappa shape index (κ2) is 11.1. The molecule has 3 aliphatic heterocycles. The molecule has 3 heterocycles. The largest absolute Gasteiger partial charge is 0.455 e. The molecule has 0 saturated heterocycles. The molecule has 49 heavy (non-hydrogen) atoms. The molecule has 0 atom stereocenters. The van der Waals surface area contributed by atoms with E-state index in [1.165, 1.54) is 97.1 Å². The van der Waals surface area contributed by atoms with Crippen molar-refractivity contribution in [3.63, 3.8) is 0 Å². The molecule has 0 radical (unpaired) electrons. The zero-order valence-corrected chi connectivity index (χ0v) is 26.8. The van der Waals surface area contributed by atoms with Crippen LogP contribution >= 0.6 is 34.8 Å². The van der Waals surface area contributed by atoms with E-state index >= 15 is 0 Å². The van der Waals surface area contributed by atoms with Crippen LogP contribution in [0.4, 0.5) is 17.1 Å². The van der Waals surface area contributed by atoms with Gasteiger partial charge in [0.05, 0.1) is 50.4 Å². The van der Waals surface area contributed by atoms with Crippen LogP contribution < -0.4 is 19.4 Å². The summed E-state index contributed by atoms with van der Waals surface area (Å²) in [6.45, 7) is 0. The van der Waals surface area contributed by atoms with Crippen LogP contribution in [-0.4, -0.2) is 35.4 Å². The van der Waals surface area contributed by atoms with Gasteiger partial charge in [0.1, 0.15) is 5.75 Å². The van der Waals surface area contributed by atoms with E-state index in [2.05, 4.69) is 0 Å². The number of benzene rings is 5. The Hall–Kier alpha value is -5.81. The van der Waals surface area contributed by atoms with Crippen molar-refractivity contribution in [3.8, 4) is 11.5 Å². The van der Waals surface area contributed by atoms with E-state index in [0.717, 1.165) is 14.7 Å². The number of hydrogen-bond acceptors (Lipinski definition) is 7. The number of halogens is 3. The number of carbonyl (C=O) groups is 6. The quantitative estimate of drug-likeness (QED) is 0.171. The summed E-state index contributed by atoms with van der Waals surface area (Å²) in [6, 6.07) is 23.3. The maximum absolute atomic E-state index is 13.7. The lowest BCUT2D eigenvalue weighted by Crippen LogP contribution is -2.32. The molecule has 0 aliphatic carbocycles. The number of ether oxygens (including phenoxy) is 1. The SMILES string of the molecule is O=C1c2ccc(Cl)cc2C(=O)N1c1ccc(Oc2ccc(N3C(=O)c4ccc(Cl)cc4C3=O)cc2N2C(=O)c3ccc(Cl)cc3C2=O)cc1. The van der Waals surface area contributed by atoms with Crippen molar-refractivity contribution in [1.29, 1.82) is 0 Å². The highest BCUT2D eigenvalue weighted by atomic mass is 35.5. The van der Waals surface area contributed by atoms with Gasteiger partial charge in [0.15, 0.2) is 5.75 Å². The second-order valence-corrected chi connectivity index (χ2v) is 12.5. The third-order valence-corrected chi connectivity index (χ3v) is 9.02. The first kappa shape index (κ1) is 30.5. The first-order chi connectivity index (χ1) is 23.5. The van der Waals surface area contributed by atoms with E-state index in [1.54, 1.807) is 0 Å². The van der Waals surface area contributed by atoms with Crippen molar-refractivity contribution in [2.24, 2.45) is 0 Å². The number of amides is 6. The van der Waals surface area contributed by atoms with Crippen LogP contribution in [-0.2, 0) is 0 Å². The van der Waals surface area contributed by atoms with E-state index in [0.29, 0.717) is 5.02 Å². The third-order valence-electron chi connectivity index (χ3n) is 8.31. The minimum absolute atomic E-state index is 0.0205. The van der Waals surface area contributed by atoms with Crippen LogP contribution in [0.1, 0.15) is 62.1 Å². The number of hydrogen-bond donors (Lipinski definition) is 0. The standard InChI is InChI=1S/C36H16Cl3N3O7/c37-17-1-9-23-26(13-17)34(46)40(31(23)43)20-4-7-22(8-5-20)49-30-12-6-21(41-32(44)24-10-2-18(38)14-27(24)35(41)47)16-29(30)42-33(45)25-11-3-19(39)15-28(25)36(42)48/h1-16H.